The zero-order valence-electron chi connectivity index (χ0n) is 15.8. The van der Waals surface area contributed by atoms with Crippen molar-refractivity contribution in [2.75, 3.05) is 11.5 Å². The quantitative estimate of drug-likeness (QED) is 0.601. The summed E-state index contributed by atoms with van der Waals surface area (Å²) in [5, 5.41) is 0. The highest BCUT2D eigenvalue weighted by atomic mass is 32.2. The molecule has 0 saturated heterocycles. The molecule has 0 aromatic carbocycles. The minimum Gasteiger partial charge on any atom is -0.458 e. The fourth-order valence-corrected chi connectivity index (χ4v) is 3.20. The van der Waals surface area contributed by atoms with Crippen molar-refractivity contribution in [2.24, 2.45) is 16.2 Å². The van der Waals surface area contributed by atoms with Crippen molar-refractivity contribution in [3.63, 3.8) is 0 Å². The van der Waals surface area contributed by atoms with Gasteiger partial charge in [0.25, 0.3) is 0 Å². The number of esters is 1. The Labute approximate surface area is 136 Å². The van der Waals surface area contributed by atoms with Gasteiger partial charge in [0.2, 0.25) is 0 Å². The second-order valence-corrected chi connectivity index (χ2v) is 10.4. The summed E-state index contributed by atoms with van der Waals surface area (Å²) in [6.45, 7) is 21.1. The van der Waals surface area contributed by atoms with Crippen molar-refractivity contribution in [3.8, 4) is 0 Å². The smallest absolute Gasteiger partial charge is 0.312 e. The van der Waals surface area contributed by atoms with Crippen molar-refractivity contribution in [2.45, 2.75) is 81.3 Å². The van der Waals surface area contributed by atoms with Gasteiger partial charge in [-0.05, 0) is 43.8 Å². The first kappa shape index (κ1) is 20.8. The second-order valence-electron chi connectivity index (χ2n) is 9.11. The molecule has 2 nitrogen and oxygen atoms in total. The Bertz CT molecular complexity index is 347. The Hall–Kier alpha value is -0.180. The number of carbonyl (C=O) groups excluding carboxylic acids is 1. The molecule has 0 bridgehead atoms. The standard InChI is InChI=1S/C18H36O2S/c1-11-21-13-17(8,9)20-14(19)18(10,16(5,6)7)12-15(2,3)4/h11-13H2,1-10H3. The van der Waals surface area contributed by atoms with Crippen LogP contribution in [0.3, 0.4) is 0 Å². The highest BCUT2D eigenvalue weighted by Crippen LogP contribution is 2.48. The number of carbonyl (C=O) groups is 1. The van der Waals surface area contributed by atoms with E-state index in [4.69, 9.17) is 4.74 Å². The zero-order chi connectivity index (χ0) is 17.1. The molecule has 1 unspecified atom stereocenters. The maximum absolute atomic E-state index is 12.9. The molecule has 0 amide bonds. The van der Waals surface area contributed by atoms with E-state index >= 15 is 0 Å². The predicted octanol–water partition coefficient (Wildman–Crippen LogP) is 5.55. The van der Waals surface area contributed by atoms with Crippen LogP contribution in [-0.4, -0.2) is 23.1 Å². The summed E-state index contributed by atoms with van der Waals surface area (Å²) in [5.41, 5.74) is -0.948. The fourth-order valence-electron chi connectivity index (χ4n) is 2.45. The first-order valence-corrected chi connectivity index (χ1v) is 9.11. The Morgan fingerprint density at radius 2 is 1.43 bits per heavy atom. The molecule has 0 rings (SSSR count). The van der Waals surface area contributed by atoms with Crippen LogP contribution in [0, 0.1) is 16.2 Å². The van der Waals surface area contributed by atoms with Crippen LogP contribution in [0.5, 0.6) is 0 Å². The normalized spacial score (nSPS) is 16.5. The first-order valence-electron chi connectivity index (χ1n) is 7.96. The van der Waals surface area contributed by atoms with Crippen LogP contribution < -0.4 is 0 Å². The molecule has 0 spiro atoms. The monoisotopic (exact) mass is 316 g/mol. The zero-order valence-corrected chi connectivity index (χ0v) is 16.7. The van der Waals surface area contributed by atoms with Crippen molar-refractivity contribution in [1.29, 1.82) is 0 Å². The SMILES string of the molecule is CCSCC(C)(C)OC(=O)C(C)(CC(C)(C)C)C(C)(C)C. The average Bonchev–Trinajstić information content (AvgIpc) is 2.21. The Balaban J connectivity index is 5.24. The highest BCUT2D eigenvalue weighted by Gasteiger charge is 2.48. The predicted molar refractivity (Wildman–Crippen MR) is 94.8 cm³/mol. The maximum Gasteiger partial charge on any atom is 0.312 e. The summed E-state index contributed by atoms with van der Waals surface area (Å²) in [6.07, 6.45) is 0.819. The van der Waals surface area contributed by atoms with Crippen LogP contribution in [0.2, 0.25) is 0 Å². The number of thioether (sulfide) groups is 1. The molecule has 3 heteroatoms. The van der Waals surface area contributed by atoms with Gasteiger partial charge < -0.3 is 4.74 Å². The summed E-state index contributed by atoms with van der Waals surface area (Å²) < 4.78 is 5.92. The van der Waals surface area contributed by atoms with E-state index in [1.807, 2.05) is 25.6 Å². The van der Waals surface area contributed by atoms with Gasteiger partial charge in [0.1, 0.15) is 5.60 Å². The molecule has 0 aliphatic carbocycles. The van der Waals surface area contributed by atoms with Gasteiger partial charge in [-0.3, -0.25) is 4.79 Å². The minimum absolute atomic E-state index is 0.0633. The van der Waals surface area contributed by atoms with Crippen LogP contribution in [0.4, 0.5) is 0 Å². The van der Waals surface area contributed by atoms with Crippen molar-refractivity contribution in [1.82, 2.24) is 0 Å². The number of hydrogen-bond acceptors (Lipinski definition) is 3. The van der Waals surface area contributed by atoms with Gasteiger partial charge in [-0.25, -0.2) is 0 Å². The Morgan fingerprint density at radius 3 is 1.76 bits per heavy atom. The molecule has 0 radical (unpaired) electrons. The minimum atomic E-state index is -0.487. The van der Waals surface area contributed by atoms with Crippen LogP contribution in [0.15, 0.2) is 0 Å². The van der Waals surface area contributed by atoms with Crippen LogP contribution in [0.25, 0.3) is 0 Å². The van der Waals surface area contributed by atoms with Gasteiger partial charge in [-0.2, -0.15) is 11.8 Å². The molecule has 21 heavy (non-hydrogen) atoms. The third kappa shape index (κ3) is 6.63. The molecule has 0 heterocycles. The van der Waals surface area contributed by atoms with E-state index in [1.54, 1.807) is 0 Å². The molecule has 0 N–H and O–H groups in total. The Morgan fingerprint density at radius 1 is 0.952 bits per heavy atom. The lowest BCUT2D eigenvalue weighted by Gasteiger charge is -2.45. The summed E-state index contributed by atoms with van der Waals surface area (Å²) in [4.78, 5) is 12.9. The Kier molecular flexibility index (Phi) is 6.87. The van der Waals surface area contributed by atoms with Crippen molar-refractivity contribution in [3.05, 3.63) is 0 Å². The van der Waals surface area contributed by atoms with Gasteiger partial charge in [0.05, 0.1) is 5.41 Å². The molecule has 0 aromatic heterocycles. The third-order valence-electron chi connectivity index (χ3n) is 4.01. The molecular formula is C18H36O2S. The van der Waals surface area contributed by atoms with Crippen LogP contribution in [0.1, 0.15) is 75.7 Å². The number of hydrogen-bond donors (Lipinski definition) is 0. The second kappa shape index (κ2) is 6.93. The first-order chi connectivity index (χ1) is 9.15. The molecule has 0 aliphatic rings. The topological polar surface area (TPSA) is 26.3 Å². The third-order valence-corrected chi connectivity index (χ3v) is 5.32. The summed E-state index contributed by atoms with van der Waals surface area (Å²) >= 11 is 1.81. The summed E-state index contributed by atoms with van der Waals surface area (Å²) in [7, 11) is 0. The fraction of sp³-hybridized carbons (Fsp3) is 0.944. The van der Waals surface area contributed by atoms with E-state index in [9.17, 15) is 4.79 Å². The van der Waals surface area contributed by atoms with Gasteiger partial charge >= 0.3 is 5.97 Å². The van der Waals surface area contributed by atoms with Gasteiger partial charge in [-0.15, -0.1) is 0 Å². The molecule has 0 fully saturated rings. The lowest BCUT2D eigenvalue weighted by atomic mass is 9.61. The molecule has 0 aliphatic heterocycles. The lowest BCUT2D eigenvalue weighted by Crippen LogP contribution is -2.47. The van der Waals surface area contributed by atoms with Crippen LogP contribution >= 0.6 is 11.8 Å². The van der Waals surface area contributed by atoms with Crippen molar-refractivity contribution < 1.29 is 9.53 Å². The van der Waals surface area contributed by atoms with Gasteiger partial charge in [0.15, 0.2) is 0 Å². The molecule has 0 aromatic rings. The maximum atomic E-state index is 12.9. The van der Waals surface area contributed by atoms with E-state index in [0.717, 1.165) is 17.9 Å². The average molecular weight is 317 g/mol. The van der Waals surface area contributed by atoms with E-state index in [1.165, 1.54) is 0 Å². The van der Waals surface area contributed by atoms with Crippen LogP contribution in [-0.2, 0) is 9.53 Å². The number of rotatable bonds is 6. The highest BCUT2D eigenvalue weighted by molar-refractivity contribution is 7.99. The largest absolute Gasteiger partial charge is 0.458 e. The van der Waals surface area contributed by atoms with E-state index < -0.39 is 11.0 Å². The van der Waals surface area contributed by atoms with Gasteiger partial charge in [0, 0.05) is 5.75 Å². The lowest BCUT2D eigenvalue weighted by molar-refractivity contribution is -0.176. The molecule has 1 atom stereocenters. The summed E-state index contributed by atoms with van der Waals surface area (Å²) in [6, 6.07) is 0. The molecule has 126 valence electrons. The van der Waals surface area contributed by atoms with Crippen molar-refractivity contribution >= 4 is 17.7 Å². The molecule has 0 saturated carbocycles. The van der Waals surface area contributed by atoms with E-state index in [0.29, 0.717) is 0 Å². The number of ether oxygens (including phenoxy) is 1. The van der Waals surface area contributed by atoms with E-state index in [-0.39, 0.29) is 16.8 Å². The van der Waals surface area contributed by atoms with Gasteiger partial charge in [-0.1, -0.05) is 48.5 Å². The molecular weight excluding hydrogens is 280 g/mol. The summed E-state index contributed by atoms with van der Waals surface area (Å²) in [5.74, 6) is 1.82. The van der Waals surface area contributed by atoms with E-state index in [2.05, 4.69) is 55.4 Å².